The second kappa shape index (κ2) is 7.88. The summed E-state index contributed by atoms with van der Waals surface area (Å²) in [5.74, 6) is 0.719. The van der Waals surface area contributed by atoms with Gasteiger partial charge in [-0.25, -0.2) is 14.8 Å². The van der Waals surface area contributed by atoms with E-state index in [9.17, 15) is 4.79 Å². The molecular weight excluding hydrogens is 352 g/mol. The van der Waals surface area contributed by atoms with Crippen molar-refractivity contribution in [2.24, 2.45) is 0 Å². The van der Waals surface area contributed by atoms with Crippen LogP contribution in [0.2, 0.25) is 5.02 Å². The molecule has 0 saturated carbocycles. The monoisotopic (exact) mass is 374 g/mol. The number of carbonyl (C=O) groups is 1. The van der Waals surface area contributed by atoms with E-state index >= 15 is 0 Å². The van der Waals surface area contributed by atoms with Gasteiger partial charge in [-0.1, -0.05) is 11.6 Å². The Hall–Kier alpha value is -2.38. The van der Waals surface area contributed by atoms with Crippen LogP contribution < -0.4 is 15.5 Å². The average Bonchev–Trinajstić information content (AvgIpc) is 2.60. The van der Waals surface area contributed by atoms with Gasteiger partial charge >= 0.3 is 6.03 Å². The standard InChI is InChI=1S/C18H23ClN6O/c1-12-16(23-18(26)22-15-6-4-14(19)5-7-15)13(2)21-17(20-12)25-10-8-24(3)9-11-25/h4-7H,8-11H2,1-3H3,(H2,22,23,26). The number of aryl methyl sites for hydroxylation is 2. The summed E-state index contributed by atoms with van der Waals surface area (Å²) in [5, 5.41) is 6.24. The zero-order valence-corrected chi connectivity index (χ0v) is 16.0. The number of nitrogens with one attached hydrogen (secondary N) is 2. The summed E-state index contributed by atoms with van der Waals surface area (Å²) < 4.78 is 0. The molecule has 0 spiro atoms. The lowest BCUT2D eigenvalue weighted by atomic mass is 10.2. The van der Waals surface area contributed by atoms with Gasteiger partial charge in [-0.3, -0.25) is 0 Å². The van der Waals surface area contributed by atoms with E-state index in [0.29, 0.717) is 16.4 Å². The fourth-order valence-electron chi connectivity index (χ4n) is 2.84. The maximum atomic E-state index is 12.3. The fourth-order valence-corrected chi connectivity index (χ4v) is 2.96. The van der Waals surface area contributed by atoms with E-state index in [1.807, 2.05) is 13.8 Å². The topological polar surface area (TPSA) is 73.4 Å². The fraction of sp³-hybridized carbons (Fsp3) is 0.389. The predicted octanol–water partition coefficient (Wildman–Crippen LogP) is 3.14. The normalized spacial score (nSPS) is 15.0. The Morgan fingerprint density at radius 1 is 1.00 bits per heavy atom. The molecule has 0 atom stereocenters. The van der Waals surface area contributed by atoms with Crippen LogP contribution in [0, 0.1) is 13.8 Å². The number of amides is 2. The minimum Gasteiger partial charge on any atom is -0.338 e. The molecule has 1 aliphatic rings. The molecule has 138 valence electrons. The van der Waals surface area contributed by atoms with Crippen molar-refractivity contribution >= 4 is 35.0 Å². The number of aromatic nitrogens is 2. The number of hydrogen-bond donors (Lipinski definition) is 2. The second-order valence-electron chi connectivity index (χ2n) is 6.45. The molecule has 1 fully saturated rings. The molecule has 2 heterocycles. The van der Waals surface area contributed by atoms with Crippen molar-refractivity contribution in [1.29, 1.82) is 0 Å². The molecule has 1 aliphatic heterocycles. The van der Waals surface area contributed by atoms with Crippen LogP contribution in [0.15, 0.2) is 24.3 Å². The summed E-state index contributed by atoms with van der Waals surface area (Å²) >= 11 is 5.85. The van der Waals surface area contributed by atoms with Crippen molar-refractivity contribution in [2.45, 2.75) is 13.8 Å². The third-order valence-electron chi connectivity index (χ3n) is 4.39. The van der Waals surface area contributed by atoms with Crippen molar-refractivity contribution in [3.8, 4) is 0 Å². The van der Waals surface area contributed by atoms with Gasteiger partial charge in [0.1, 0.15) is 0 Å². The molecular formula is C18H23ClN6O. The molecule has 1 aromatic heterocycles. The molecule has 8 heteroatoms. The Labute approximate surface area is 158 Å². The quantitative estimate of drug-likeness (QED) is 0.863. The molecule has 0 radical (unpaired) electrons. The molecule has 0 unspecified atom stereocenters. The SMILES string of the molecule is Cc1nc(N2CCN(C)CC2)nc(C)c1NC(=O)Nc1ccc(Cl)cc1. The zero-order valence-electron chi connectivity index (χ0n) is 15.2. The number of anilines is 3. The summed E-state index contributed by atoms with van der Waals surface area (Å²) in [4.78, 5) is 25.9. The van der Waals surface area contributed by atoms with Crippen LogP contribution in [-0.2, 0) is 0 Å². The molecule has 1 aromatic carbocycles. The molecule has 0 aliphatic carbocycles. The van der Waals surface area contributed by atoms with Crippen molar-refractivity contribution in [1.82, 2.24) is 14.9 Å². The third-order valence-corrected chi connectivity index (χ3v) is 4.64. The summed E-state index contributed by atoms with van der Waals surface area (Å²) in [7, 11) is 2.11. The number of hydrogen-bond acceptors (Lipinski definition) is 5. The molecule has 2 aromatic rings. The van der Waals surface area contributed by atoms with Gasteiger partial charge in [0, 0.05) is 36.9 Å². The largest absolute Gasteiger partial charge is 0.338 e. The average molecular weight is 375 g/mol. The highest BCUT2D eigenvalue weighted by atomic mass is 35.5. The van der Waals surface area contributed by atoms with Crippen molar-refractivity contribution in [2.75, 3.05) is 48.8 Å². The number of benzene rings is 1. The van der Waals surface area contributed by atoms with Gasteiger partial charge in [0.05, 0.1) is 17.1 Å². The third kappa shape index (κ3) is 4.42. The smallest absolute Gasteiger partial charge is 0.323 e. The highest BCUT2D eigenvalue weighted by Gasteiger charge is 2.19. The van der Waals surface area contributed by atoms with E-state index in [1.165, 1.54) is 0 Å². The summed E-state index contributed by atoms with van der Waals surface area (Å²) in [6.45, 7) is 7.55. The van der Waals surface area contributed by atoms with E-state index in [2.05, 4.69) is 37.4 Å². The van der Waals surface area contributed by atoms with Crippen LogP contribution in [0.1, 0.15) is 11.4 Å². The van der Waals surface area contributed by atoms with Crippen LogP contribution >= 0.6 is 11.6 Å². The number of rotatable bonds is 3. The van der Waals surface area contributed by atoms with E-state index in [-0.39, 0.29) is 6.03 Å². The Bertz CT molecular complexity index is 764. The summed E-state index contributed by atoms with van der Waals surface area (Å²) in [6, 6.07) is 6.60. The maximum Gasteiger partial charge on any atom is 0.323 e. The number of urea groups is 1. The molecule has 2 N–H and O–H groups in total. The van der Waals surface area contributed by atoms with Gasteiger partial charge in [-0.15, -0.1) is 0 Å². The molecule has 3 rings (SSSR count). The van der Waals surface area contributed by atoms with Crippen LogP contribution in [-0.4, -0.2) is 54.1 Å². The first kappa shape index (κ1) is 18.4. The van der Waals surface area contributed by atoms with E-state index < -0.39 is 0 Å². The zero-order chi connectivity index (χ0) is 18.7. The van der Waals surface area contributed by atoms with Gasteiger partial charge in [0.2, 0.25) is 5.95 Å². The Balaban J connectivity index is 1.69. The van der Waals surface area contributed by atoms with E-state index in [4.69, 9.17) is 11.6 Å². The van der Waals surface area contributed by atoms with Gasteiger partial charge in [-0.05, 0) is 45.2 Å². The minimum atomic E-state index is -0.338. The second-order valence-corrected chi connectivity index (χ2v) is 6.88. The lowest BCUT2D eigenvalue weighted by molar-refractivity contribution is 0.262. The minimum absolute atomic E-state index is 0.338. The van der Waals surface area contributed by atoms with Crippen LogP contribution in [0.25, 0.3) is 0 Å². The highest BCUT2D eigenvalue weighted by molar-refractivity contribution is 6.30. The van der Waals surface area contributed by atoms with Crippen molar-refractivity contribution in [3.05, 3.63) is 40.7 Å². The van der Waals surface area contributed by atoms with E-state index in [0.717, 1.165) is 43.5 Å². The van der Waals surface area contributed by atoms with Gasteiger partial charge in [0.25, 0.3) is 0 Å². The van der Waals surface area contributed by atoms with Crippen molar-refractivity contribution in [3.63, 3.8) is 0 Å². The van der Waals surface area contributed by atoms with Crippen LogP contribution in [0.5, 0.6) is 0 Å². The lowest BCUT2D eigenvalue weighted by Gasteiger charge is -2.32. The van der Waals surface area contributed by atoms with Gasteiger partial charge < -0.3 is 20.4 Å². The van der Waals surface area contributed by atoms with Gasteiger partial charge in [-0.2, -0.15) is 0 Å². The number of carbonyl (C=O) groups excluding carboxylic acids is 1. The Morgan fingerprint density at radius 2 is 1.58 bits per heavy atom. The first-order valence-electron chi connectivity index (χ1n) is 8.54. The highest BCUT2D eigenvalue weighted by Crippen LogP contribution is 2.22. The van der Waals surface area contributed by atoms with Gasteiger partial charge in [0.15, 0.2) is 0 Å². The first-order chi connectivity index (χ1) is 12.4. The number of halogens is 1. The number of nitrogens with zero attached hydrogens (tertiary/aromatic N) is 4. The summed E-state index contributed by atoms with van der Waals surface area (Å²) in [6.07, 6.45) is 0. The number of likely N-dealkylation sites (N-methyl/N-ethyl adjacent to an activating group) is 1. The Kier molecular flexibility index (Phi) is 5.58. The summed E-state index contributed by atoms with van der Waals surface area (Å²) in [5.41, 5.74) is 2.79. The van der Waals surface area contributed by atoms with Crippen LogP contribution in [0.4, 0.5) is 22.1 Å². The molecule has 7 nitrogen and oxygen atoms in total. The molecule has 1 saturated heterocycles. The predicted molar refractivity (Wildman–Crippen MR) is 105 cm³/mol. The van der Waals surface area contributed by atoms with Crippen LogP contribution in [0.3, 0.4) is 0 Å². The maximum absolute atomic E-state index is 12.3. The molecule has 2 amide bonds. The number of piperazine rings is 1. The Morgan fingerprint density at radius 3 is 2.15 bits per heavy atom. The van der Waals surface area contributed by atoms with Crippen molar-refractivity contribution < 1.29 is 4.79 Å². The lowest BCUT2D eigenvalue weighted by Crippen LogP contribution is -2.45. The van der Waals surface area contributed by atoms with E-state index in [1.54, 1.807) is 24.3 Å². The first-order valence-corrected chi connectivity index (χ1v) is 8.92. The molecule has 26 heavy (non-hydrogen) atoms. The molecule has 0 bridgehead atoms.